The highest BCUT2D eigenvalue weighted by Crippen LogP contribution is 2.10. The zero-order chi connectivity index (χ0) is 14.6. The molecular weight excluding hydrogens is 242 g/mol. The molecule has 0 saturated heterocycles. The maximum Gasteiger partial charge on any atom is 0.293 e. The van der Waals surface area contributed by atoms with Crippen LogP contribution in [0, 0.1) is 5.41 Å². The molecule has 1 aromatic heterocycles. The van der Waals surface area contributed by atoms with E-state index in [1.807, 2.05) is 32.6 Å². The Bertz CT molecular complexity index is 492. The van der Waals surface area contributed by atoms with Crippen LogP contribution < -0.4 is 16.2 Å². The summed E-state index contributed by atoms with van der Waals surface area (Å²) in [4.78, 5) is 18.5. The fraction of sp³-hybridized carbons (Fsp3) is 0.615. The Hall–Kier alpha value is -1.85. The fourth-order valence-corrected chi connectivity index (χ4v) is 1.87. The predicted octanol–water partition coefficient (Wildman–Crippen LogP) is 1.37. The Balaban J connectivity index is 3.13. The third-order valence-electron chi connectivity index (χ3n) is 2.92. The standard InChI is InChI=1S/C13H23N5O/c1-9(2)17(7-5-11(14)15)12-13(19)18(10(3)4)8-6-16-12/h6,8-10H,5,7H2,1-4H3,(H3,14,15). The quantitative estimate of drug-likeness (QED) is 0.600. The topological polar surface area (TPSA) is 88.0 Å². The van der Waals surface area contributed by atoms with Gasteiger partial charge in [0, 0.05) is 37.4 Å². The summed E-state index contributed by atoms with van der Waals surface area (Å²) in [5.74, 6) is 0.540. The van der Waals surface area contributed by atoms with Crippen molar-refractivity contribution in [2.75, 3.05) is 11.4 Å². The van der Waals surface area contributed by atoms with Crippen molar-refractivity contribution in [3.8, 4) is 0 Å². The number of nitrogens with two attached hydrogens (primary N) is 1. The normalized spacial score (nSPS) is 11.1. The first-order valence-electron chi connectivity index (χ1n) is 6.51. The van der Waals surface area contributed by atoms with Gasteiger partial charge in [-0.05, 0) is 27.7 Å². The molecule has 6 nitrogen and oxygen atoms in total. The minimum absolute atomic E-state index is 0.0936. The molecule has 106 valence electrons. The van der Waals surface area contributed by atoms with Crippen molar-refractivity contribution < 1.29 is 0 Å². The Morgan fingerprint density at radius 1 is 1.47 bits per heavy atom. The Morgan fingerprint density at radius 2 is 2.11 bits per heavy atom. The van der Waals surface area contributed by atoms with E-state index in [0.29, 0.717) is 18.8 Å². The van der Waals surface area contributed by atoms with Crippen molar-refractivity contribution in [1.82, 2.24) is 9.55 Å². The number of hydrogen-bond donors (Lipinski definition) is 2. The molecule has 0 fully saturated rings. The first-order chi connectivity index (χ1) is 8.84. The molecule has 0 amide bonds. The molecule has 6 heteroatoms. The number of anilines is 1. The smallest absolute Gasteiger partial charge is 0.293 e. The second-order valence-electron chi connectivity index (χ2n) is 5.12. The number of hydrogen-bond acceptors (Lipinski definition) is 4. The summed E-state index contributed by atoms with van der Waals surface area (Å²) in [5.41, 5.74) is 5.29. The monoisotopic (exact) mass is 265 g/mol. The number of nitrogens with one attached hydrogen (secondary N) is 1. The SMILES string of the molecule is CC(C)N(CCC(=N)N)c1nccn(C(C)C)c1=O. The maximum atomic E-state index is 12.4. The Kier molecular flexibility index (Phi) is 5.09. The molecule has 0 unspecified atom stereocenters. The zero-order valence-electron chi connectivity index (χ0n) is 12.1. The van der Waals surface area contributed by atoms with Crippen LogP contribution in [0.5, 0.6) is 0 Å². The molecule has 0 aliphatic heterocycles. The second-order valence-corrected chi connectivity index (χ2v) is 5.12. The zero-order valence-corrected chi connectivity index (χ0v) is 12.1. The summed E-state index contributed by atoms with van der Waals surface area (Å²) in [6, 6.07) is 0.221. The van der Waals surface area contributed by atoms with Crippen LogP contribution in [0.3, 0.4) is 0 Å². The van der Waals surface area contributed by atoms with Crippen LogP contribution in [0.15, 0.2) is 17.2 Å². The van der Waals surface area contributed by atoms with Gasteiger partial charge in [0.05, 0.1) is 5.84 Å². The largest absolute Gasteiger partial charge is 0.388 e. The van der Waals surface area contributed by atoms with Crippen LogP contribution >= 0.6 is 0 Å². The van der Waals surface area contributed by atoms with Crippen LogP contribution in [-0.4, -0.2) is 28.0 Å². The van der Waals surface area contributed by atoms with E-state index in [1.54, 1.807) is 17.0 Å². The van der Waals surface area contributed by atoms with E-state index in [9.17, 15) is 4.79 Å². The molecule has 3 N–H and O–H groups in total. The Labute approximate surface area is 113 Å². The summed E-state index contributed by atoms with van der Waals surface area (Å²) in [6.45, 7) is 8.43. The van der Waals surface area contributed by atoms with Crippen molar-refractivity contribution in [2.45, 2.75) is 46.2 Å². The van der Waals surface area contributed by atoms with Gasteiger partial charge in [0.2, 0.25) is 0 Å². The summed E-state index contributed by atoms with van der Waals surface area (Å²) in [5, 5.41) is 7.30. The fourth-order valence-electron chi connectivity index (χ4n) is 1.87. The molecule has 0 bridgehead atoms. The van der Waals surface area contributed by atoms with Gasteiger partial charge in [0.25, 0.3) is 5.56 Å². The molecule has 0 radical (unpaired) electrons. The molecular formula is C13H23N5O. The summed E-state index contributed by atoms with van der Waals surface area (Å²) in [7, 11) is 0. The lowest BCUT2D eigenvalue weighted by molar-refractivity contribution is 0.566. The third kappa shape index (κ3) is 3.81. The van der Waals surface area contributed by atoms with E-state index in [4.69, 9.17) is 11.1 Å². The van der Waals surface area contributed by atoms with Gasteiger partial charge in [-0.25, -0.2) is 4.98 Å². The summed E-state index contributed by atoms with van der Waals surface area (Å²) >= 11 is 0. The lowest BCUT2D eigenvalue weighted by Gasteiger charge is -2.27. The number of rotatable bonds is 6. The van der Waals surface area contributed by atoms with Crippen molar-refractivity contribution in [3.63, 3.8) is 0 Å². The first kappa shape index (κ1) is 15.2. The summed E-state index contributed by atoms with van der Waals surface area (Å²) < 4.78 is 1.66. The molecule has 19 heavy (non-hydrogen) atoms. The van der Waals surface area contributed by atoms with Crippen molar-refractivity contribution in [2.24, 2.45) is 5.73 Å². The molecule has 0 spiro atoms. The van der Waals surface area contributed by atoms with Gasteiger partial charge < -0.3 is 15.2 Å². The highest BCUT2D eigenvalue weighted by molar-refractivity contribution is 5.77. The van der Waals surface area contributed by atoms with Gasteiger partial charge in [-0.15, -0.1) is 0 Å². The molecule has 0 atom stereocenters. The van der Waals surface area contributed by atoms with E-state index in [-0.39, 0.29) is 23.5 Å². The molecule has 1 rings (SSSR count). The molecule has 0 saturated carbocycles. The third-order valence-corrected chi connectivity index (χ3v) is 2.92. The molecule has 0 aliphatic carbocycles. The highest BCUT2D eigenvalue weighted by Gasteiger charge is 2.17. The van der Waals surface area contributed by atoms with E-state index >= 15 is 0 Å². The average molecular weight is 265 g/mol. The lowest BCUT2D eigenvalue weighted by atomic mass is 10.2. The highest BCUT2D eigenvalue weighted by atomic mass is 16.1. The van der Waals surface area contributed by atoms with Gasteiger partial charge in [-0.2, -0.15) is 0 Å². The van der Waals surface area contributed by atoms with Crippen LogP contribution in [0.25, 0.3) is 0 Å². The van der Waals surface area contributed by atoms with E-state index in [1.165, 1.54) is 0 Å². The Morgan fingerprint density at radius 3 is 2.58 bits per heavy atom. The van der Waals surface area contributed by atoms with Gasteiger partial charge in [-0.3, -0.25) is 10.2 Å². The van der Waals surface area contributed by atoms with Gasteiger partial charge in [-0.1, -0.05) is 0 Å². The van der Waals surface area contributed by atoms with Crippen molar-refractivity contribution in [3.05, 3.63) is 22.7 Å². The van der Waals surface area contributed by atoms with Crippen molar-refractivity contribution in [1.29, 1.82) is 5.41 Å². The number of amidine groups is 1. The first-order valence-corrected chi connectivity index (χ1v) is 6.51. The van der Waals surface area contributed by atoms with E-state index < -0.39 is 0 Å². The maximum absolute atomic E-state index is 12.4. The predicted molar refractivity (Wildman–Crippen MR) is 77.9 cm³/mol. The van der Waals surface area contributed by atoms with Gasteiger partial charge >= 0.3 is 0 Å². The van der Waals surface area contributed by atoms with E-state index in [0.717, 1.165) is 0 Å². The van der Waals surface area contributed by atoms with Gasteiger partial charge in [0.1, 0.15) is 0 Å². The molecule has 0 aromatic carbocycles. The van der Waals surface area contributed by atoms with Crippen LogP contribution in [0.4, 0.5) is 5.82 Å². The van der Waals surface area contributed by atoms with Crippen molar-refractivity contribution >= 4 is 11.7 Å². The average Bonchev–Trinajstić information content (AvgIpc) is 2.30. The van der Waals surface area contributed by atoms with Crippen LogP contribution in [0.1, 0.15) is 40.2 Å². The summed E-state index contributed by atoms with van der Waals surface area (Å²) in [6.07, 6.45) is 3.76. The van der Waals surface area contributed by atoms with E-state index in [2.05, 4.69) is 4.98 Å². The minimum atomic E-state index is -0.102. The molecule has 1 heterocycles. The van der Waals surface area contributed by atoms with Crippen LogP contribution in [0.2, 0.25) is 0 Å². The molecule has 1 aromatic rings. The minimum Gasteiger partial charge on any atom is -0.388 e. The van der Waals surface area contributed by atoms with Crippen LogP contribution in [-0.2, 0) is 0 Å². The number of nitrogens with zero attached hydrogens (tertiary/aromatic N) is 3. The number of aromatic nitrogens is 2. The second kappa shape index (κ2) is 6.36. The van der Waals surface area contributed by atoms with Gasteiger partial charge in [0.15, 0.2) is 5.82 Å². The lowest BCUT2D eigenvalue weighted by Crippen LogP contribution is -2.40. The molecule has 0 aliphatic rings.